The summed E-state index contributed by atoms with van der Waals surface area (Å²) in [5.41, 5.74) is 5.31. The first-order valence-electron chi connectivity index (χ1n) is 15.2. The van der Waals surface area contributed by atoms with Gasteiger partial charge in [0, 0.05) is 31.3 Å². The maximum Gasteiger partial charge on any atom is 0.246 e. The average molecular weight is 582 g/mol. The van der Waals surface area contributed by atoms with Gasteiger partial charge in [0.25, 0.3) is 0 Å². The van der Waals surface area contributed by atoms with Crippen molar-refractivity contribution in [1.29, 1.82) is 0 Å². The summed E-state index contributed by atoms with van der Waals surface area (Å²) in [6, 6.07) is 12.2. The predicted octanol–water partition coefficient (Wildman–Crippen LogP) is 7.89. The lowest BCUT2D eigenvalue weighted by atomic mass is 9.74. The number of aromatic nitrogens is 5. The summed E-state index contributed by atoms with van der Waals surface area (Å²) in [5, 5.41) is 8.22. The number of ether oxygens (including phenoxy) is 1. The van der Waals surface area contributed by atoms with Gasteiger partial charge in [-0.3, -0.25) is 0 Å². The van der Waals surface area contributed by atoms with Crippen molar-refractivity contribution in [1.82, 2.24) is 24.7 Å². The second-order valence-electron chi connectivity index (χ2n) is 12.7. The number of hydrogen-bond acceptors (Lipinski definition) is 6. The molecule has 0 saturated heterocycles. The number of nitrogens with zero attached hydrogens (tertiary/aromatic N) is 5. The number of hydrogen-bond donors (Lipinski definition) is 0. The summed E-state index contributed by atoms with van der Waals surface area (Å²) in [6.45, 7) is 0. The molecule has 3 heterocycles. The lowest BCUT2D eigenvalue weighted by molar-refractivity contribution is -0.0801. The van der Waals surface area contributed by atoms with Crippen molar-refractivity contribution in [2.24, 2.45) is 7.05 Å². The Labute approximate surface area is 248 Å². The molecular formula is C34H33F2N5O2. The van der Waals surface area contributed by atoms with Crippen molar-refractivity contribution in [3.8, 4) is 34.1 Å². The SMILES string of the molecule is COC1(CCC2(c3cc(F)c4oc(-c5cc(-c6ccc(F)cc6-c6nncn6C)cc(C6CC6)n5)nc4c3)CC2)CCC1. The fraction of sp³-hybridized carbons (Fsp3) is 0.412. The van der Waals surface area contributed by atoms with Gasteiger partial charge in [0.05, 0.1) is 5.60 Å². The van der Waals surface area contributed by atoms with Gasteiger partial charge in [-0.15, -0.1) is 10.2 Å². The van der Waals surface area contributed by atoms with Gasteiger partial charge in [-0.25, -0.2) is 18.7 Å². The van der Waals surface area contributed by atoms with Crippen molar-refractivity contribution >= 4 is 11.1 Å². The van der Waals surface area contributed by atoms with E-state index in [1.165, 1.54) is 18.6 Å². The Hall–Kier alpha value is -3.98. The maximum absolute atomic E-state index is 15.6. The Morgan fingerprint density at radius 2 is 1.81 bits per heavy atom. The third-order valence-corrected chi connectivity index (χ3v) is 9.97. The Kier molecular flexibility index (Phi) is 6.05. The molecule has 0 radical (unpaired) electrons. The molecule has 2 aromatic carbocycles. The van der Waals surface area contributed by atoms with Crippen molar-refractivity contribution in [2.45, 2.75) is 74.7 Å². The largest absolute Gasteiger partial charge is 0.432 e. The van der Waals surface area contributed by atoms with Gasteiger partial charge >= 0.3 is 0 Å². The summed E-state index contributed by atoms with van der Waals surface area (Å²) in [4.78, 5) is 9.68. The van der Waals surface area contributed by atoms with E-state index in [2.05, 4.69) is 10.2 Å². The summed E-state index contributed by atoms with van der Waals surface area (Å²) in [6.07, 6.45) is 11.2. The Morgan fingerprint density at radius 1 is 0.977 bits per heavy atom. The number of oxazole rings is 1. The Morgan fingerprint density at radius 3 is 2.49 bits per heavy atom. The first-order valence-corrected chi connectivity index (χ1v) is 15.2. The summed E-state index contributed by atoms with van der Waals surface area (Å²) in [5.74, 6) is 0.409. The van der Waals surface area contributed by atoms with Crippen LogP contribution in [-0.4, -0.2) is 37.4 Å². The van der Waals surface area contributed by atoms with Crippen molar-refractivity contribution < 1.29 is 17.9 Å². The van der Waals surface area contributed by atoms with Crippen LogP contribution in [0.3, 0.4) is 0 Å². The number of aryl methyl sites for hydroxylation is 1. The van der Waals surface area contributed by atoms with Crippen LogP contribution >= 0.6 is 0 Å². The van der Waals surface area contributed by atoms with Gasteiger partial charge in [-0.2, -0.15) is 0 Å². The molecule has 0 atom stereocenters. The molecule has 0 bridgehead atoms. The van der Waals surface area contributed by atoms with Crippen LogP contribution < -0.4 is 0 Å². The number of halogens is 2. The van der Waals surface area contributed by atoms with Crippen LogP contribution in [0.2, 0.25) is 0 Å². The highest BCUT2D eigenvalue weighted by Gasteiger charge is 2.47. The average Bonchev–Trinajstić information content (AvgIpc) is 3.90. The predicted molar refractivity (Wildman–Crippen MR) is 158 cm³/mol. The quantitative estimate of drug-likeness (QED) is 0.176. The molecule has 0 aliphatic heterocycles. The van der Waals surface area contributed by atoms with Crippen LogP contribution in [0.1, 0.15) is 75.0 Å². The van der Waals surface area contributed by atoms with Crippen molar-refractivity contribution in [3.05, 3.63) is 71.7 Å². The van der Waals surface area contributed by atoms with Crippen molar-refractivity contribution in [3.63, 3.8) is 0 Å². The topological polar surface area (TPSA) is 78.9 Å². The zero-order valence-electron chi connectivity index (χ0n) is 24.4. The van der Waals surface area contributed by atoms with E-state index in [1.54, 1.807) is 23.0 Å². The molecule has 0 spiro atoms. The van der Waals surface area contributed by atoms with Crippen molar-refractivity contribution in [2.75, 3.05) is 7.11 Å². The Balaban J connectivity index is 1.18. The highest BCUT2D eigenvalue weighted by atomic mass is 19.1. The highest BCUT2D eigenvalue weighted by Crippen LogP contribution is 2.55. The summed E-state index contributed by atoms with van der Waals surface area (Å²) < 4.78 is 43.7. The van der Waals surface area contributed by atoms with E-state index in [4.69, 9.17) is 19.1 Å². The fourth-order valence-corrected chi connectivity index (χ4v) is 6.72. The molecule has 3 aromatic heterocycles. The number of methoxy groups -OCH3 is 1. The molecule has 0 N–H and O–H groups in total. The van der Waals surface area contributed by atoms with E-state index in [-0.39, 0.29) is 28.3 Å². The number of benzene rings is 2. The minimum Gasteiger partial charge on any atom is -0.432 e. The molecule has 7 nitrogen and oxygen atoms in total. The normalized spacial score (nSPS) is 18.6. The summed E-state index contributed by atoms with van der Waals surface area (Å²) in [7, 11) is 3.64. The molecular weight excluding hydrogens is 548 g/mol. The molecule has 8 rings (SSSR count). The smallest absolute Gasteiger partial charge is 0.246 e. The maximum atomic E-state index is 15.6. The number of fused-ring (bicyclic) bond motifs is 1. The molecule has 220 valence electrons. The molecule has 3 saturated carbocycles. The van der Waals surface area contributed by atoms with Gasteiger partial charge < -0.3 is 13.7 Å². The van der Waals surface area contributed by atoms with Crippen LogP contribution in [0.25, 0.3) is 45.2 Å². The monoisotopic (exact) mass is 581 g/mol. The molecule has 3 aliphatic rings. The molecule has 5 aromatic rings. The van der Waals surface area contributed by atoms with Gasteiger partial charge in [-0.05, 0) is 116 Å². The molecule has 43 heavy (non-hydrogen) atoms. The standard InChI is InChI=1S/C34H33F2N5O2/c1-41-19-37-40-31(41)25-18-23(35)6-7-24(25)21-14-27(20-4-5-20)38-29(15-21)32-39-28-17-22(16-26(36)30(28)43-32)33(10-11-33)12-13-34(42-2)8-3-9-34/h6-7,14-20H,3-5,8-13H2,1-2H3. The van der Waals surface area contributed by atoms with Gasteiger partial charge in [0.2, 0.25) is 5.89 Å². The van der Waals surface area contributed by atoms with E-state index < -0.39 is 5.82 Å². The fourth-order valence-electron chi connectivity index (χ4n) is 6.72. The van der Waals surface area contributed by atoms with Crippen LogP contribution in [0.4, 0.5) is 8.78 Å². The zero-order valence-corrected chi connectivity index (χ0v) is 24.4. The van der Waals surface area contributed by atoms with Crippen LogP contribution in [0.5, 0.6) is 0 Å². The highest BCUT2D eigenvalue weighted by molar-refractivity contribution is 5.83. The zero-order chi connectivity index (χ0) is 29.3. The third-order valence-electron chi connectivity index (χ3n) is 9.97. The summed E-state index contributed by atoms with van der Waals surface area (Å²) >= 11 is 0. The molecule has 0 unspecified atom stereocenters. The molecule has 0 amide bonds. The number of pyridine rings is 1. The van der Waals surface area contributed by atoms with E-state index in [1.807, 2.05) is 32.4 Å². The van der Waals surface area contributed by atoms with Crippen LogP contribution in [0, 0.1) is 11.6 Å². The van der Waals surface area contributed by atoms with Gasteiger partial charge in [-0.1, -0.05) is 6.07 Å². The van der Waals surface area contributed by atoms with E-state index in [0.29, 0.717) is 28.5 Å². The van der Waals surface area contributed by atoms with E-state index in [0.717, 1.165) is 73.8 Å². The first kappa shape index (κ1) is 26.6. The second kappa shape index (κ2) is 9.77. The lowest BCUT2D eigenvalue weighted by Crippen LogP contribution is -2.39. The number of rotatable bonds is 9. The third kappa shape index (κ3) is 4.65. The van der Waals surface area contributed by atoms with Gasteiger partial charge in [0.15, 0.2) is 17.2 Å². The Bertz CT molecular complexity index is 1860. The molecule has 3 aliphatic carbocycles. The van der Waals surface area contributed by atoms with Crippen LogP contribution in [-0.2, 0) is 17.2 Å². The molecule has 3 fully saturated rings. The van der Waals surface area contributed by atoms with Crippen LogP contribution in [0.15, 0.2) is 53.2 Å². The minimum absolute atomic E-state index is 0.00750. The minimum atomic E-state index is -0.399. The van der Waals surface area contributed by atoms with E-state index in [9.17, 15) is 4.39 Å². The first-order chi connectivity index (χ1) is 20.9. The molecule has 9 heteroatoms. The van der Waals surface area contributed by atoms with Gasteiger partial charge in [0.1, 0.15) is 23.4 Å². The second-order valence-corrected chi connectivity index (χ2v) is 12.7. The van der Waals surface area contributed by atoms with E-state index >= 15 is 4.39 Å². The lowest BCUT2D eigenvalue weighted by Gasteiger charge is -2.41.